The van der Waals surface area contributed by atoms with Crippen molar-refractivity contribution in [1.29, 1.82) is 0 Å². The molecule has 4 rings (SSSR count). The van der Waals surface area contributed by atoms with Crippen LogP contribution in [0.15, 0.2) is 58.4 Å². The van der Waals surface area contributed by atoms with Gasteiger partial charge in [0.05, 0.1) is 18.0 Å². The Kier molecular flexibility index (Phi) is 6.77. The van der Waals surface area contributed by atoms with E-state index >= 15 is 0 Å². The Morgan fingerprint density at radius 2 is 1.84 bits per heavy atom. The summed E-state index contributed by atoms with van der Waals surface area (Å²) in [6.07, 6.45) is 2.83. The molecule has 2 N–H and O–H groups in total. The number of hydrogen-bond acceptors (Lipinski definition) is 4. The number of sulfonamides is 1. The molecule has 1 saturated heterocycles. The van der Waals surface area contributed by atoms with E-state index in [-0.39, 0.29) is 6.10 Å². The van der Waals surface area contributed by atoms with Crippen molar-refractivity contribution in [3.8, 4) is 5.75 Å². The minimum Gasteiger partial charge on any atom is -0.488 e. The van der Waals surface area contributed by atoms with Crippen LogP contribution in [0.3, 0.4) is 0 Å². The van der Waals surface area contributed by atoms with Gasteiger partial charge in [0.25, 0.3) is 0 Å². The van der Waals surface area contributed by atoms with Crippen LogP contribution < -0.4 is 15.4 Å². The number of ether oxygens (including phenoxy) is 1. The number of rotatable bonds is 7. The highest BCUT2D eigenvalue weighted by Crippen LogP contribution is 2.27. The Labute approximate surface area is 184 Å². The molecule has 2 aliphatic heterocycles. The zero-order valence-corrected chi connectivity index (χ0v) is 18.7. The second-order valence-electron chi connectivity index (χ2n) is 7.88. The van der Waals surface area contributed by atoms with Gasteiger partial charge in [0, 0.05) is 26.1 Å². The Bertz CT molecular complexity index is 990. The molecule has 0 aliphatic carbocycles. The first-order valence-electron chi connectivity index (χ1n) is 10.9. The second-order valence-corrected chi connectivity index (χ2v) is 9.82. The molecule has 31 heavy (non-hydrogen) atoms. The molecule has 1 unspecified atom stereocenters. The van der Waals surface area contributed by atoms with E-state index in [0.29, 0.717) is 31.1 Å². The van der Waals surface area contributed by atoms with Gasteiger partial charge in [-0.2, -0.15) is 4.31 Å². The van der Waals surface area contributed by atoms with Gasteiger partial charge in [0.2, 0.25) is 10.0 Å². The van der Waals surface area contributed by atoms with Crippen molar-refractivity contribution in [3.63, 3.8) is 0 Å². The number of benzene rings is 2. The first-order chi connectivity index (χ1) is 15.1. The fraction of sp³-hybridized carbons (Fsp3) is 0.435. The first kappa shape index (κ1) is 21.6. The number of para-hydroxylation sites is 1. The molecule has 166 valence electrons. The molecule has 0 aromatic heterocycles. The maximum Gasteiger partial charge on any atom is 0.243 e. The highest BCUT2D eigenvalue weighted by atomic mass is 32.2. The van der Waals surface area contributed by atoms with Crippen LogP contribution in [-0.2, 0) is 23.0 Å². The highest BCUT2D eigenvalue weighted by Gasteiger charge is 2.27. The second kappa shape index (κ2) is 9.70. The van der Waals surface area contributed by atoms with Gasteiger partial charge < -0.3 is 15.4 Å². The summed E-state index contributed by atoms with van der Waals surface area (Å²) in [7, 11) is -3.38. The molecule has 1 fully saturated rings. The van der Waals surface area contributed by atoms with E-state index in [9.17, 15) is 8.42 Å². The summed E-state index contributed by atoms with van der Waals surface area (Å²) >= 11 is 0. The number of guanidine groups is 1. The number of hydrogen-bond donors (Lipinski definition) is 2. The third-order valence-corrected chi connectivity index (χ3v) is 7.51. The van der Waals surface area contributed by atoms with E-state index in [4.69, 9.17) is 4.74 Å². The largest absolute Gasteiger partial charge is 0.488 e. The molecular formula is C23H30N4O3S. The maximum atomic E-state index is 12.7. The smallest absolute Gasteiger partial charge is 0.243 e. The quantitative estimate of drug-likeness (QED) is 0.509. The van der Waals surface area contributed by atoms with Gasteiger partial charge in [-0.15, -0.1) is 0 Å². The average molecular weight is 443 g/mol. The van der Waals surface area contributed by atoms with Crippen LogP contribution in [0.25, 0.3) is 0 Å². The normalized spacial score (nSPS) is 19.1. The lowest BCUT2D eigenvalue weighted by Gasteiger charge is -2.16. The van der Waals surface area contributed by atoms with Crippen LogP contribution in [0, 0.1) is 0 Å². The summed E-state index contributed by atoms with van der Waals surface area (Å²) in [4.78, 5) is 4.99. The number of nitrogens with one attached hydrogen (secondary N) is 2. The fourth-order valence-corrected chi connectivity index (χ4v) is 5.45. The van der Waals surface area contributed by atoms with Crippen LogP contribution in [0.1, 0.15) is 30.9 Å². The molecule has 2 aromatic carbocycles. The van der Waals surface area contributed by atoms with E-state index in [0.717, 1.165) is 43.1 Å². The zero-order valence-electron chi connectivity index (χ0n) is 17.9. The van der Waals surface area contributed by atoms with Gasteiger partial charge in [-0.3, -0.25) is 0 Å². The van der Waals surface area contributed by atoms with Crippen LogP contribution in [0.2, 0.25) is 0 Å². The van der Waals surface area contributed by atoms with Crippen LogP contribution in [-0.4, -0.2) is 51.0 Å². The van der Waals surface area contributed by atoms with E-state index in [1.807, 2.05) is 37.3 Å². The molecule has 7 nitrogen and oxygen atoms in total. The Morgan fingerprint density at radius 3 is 2.55 bits per heavy atom. The van der Waals surface area contributed by atoms with Gasteiger partial charge in [0.1, 0.15) is 11.9 Å². The Morgan fingerprint density at radius 1 is 1.10 bits per heavy atom. The molecule has 2 aromatic rings. The molecule has 8 heteroatoms. The lowest BCUT2D eigenvalue weighted by atomic mass is 10.1. The predicted molar refractivity (Wildman–Crippen MR) is 122 cm³/mol. The van der Waals surface area contributed by atoms with Crippen molar-refractivity contribution >= 4 is 16.0 Å². The third kappa shape index (κ3) is 5.19. The molecule has 0 amide bonds. The molecule has 1 atom stereocenters. The monoisotopic (exact) mass is 442 g/mol. The van der Waals surface area contributed by atoms with Gasteiger partial charge in [-0.1, -0.05) is 30.3 Å². The molecule has 0 saturated carbocycles. The molecule has 0 radical (unpaired) electrons. The van der Waals surface area contributed by atoms with Crippen molar-refractivity contribution in [2.24, 2.45) is 4.99 Å². The minimum absolute atomic E-state index is 0.0799. The van der Waals surface area contributed by atoms with Gasteiger partial charge in [-0.05, 0) is 49.1 Å². The number of fused-ring (bicyclic) bond motifs is 1. The maximum absolute atomic E-state index is 12.7. The van der Waals surface area contributed by atoms with Gasteiger partial charge in [0.15, 0.2) is 5.96 Å². The molecular weight excluding hydrogens is 412 g/mol. The van der Waals surface area contributed by atoms with E-state index in [1.165, 1.54) is 5.56 Å². The molecule has 0 spiro atoms. The van der Waals surface area contributed by atoms with Gasteiger partial charge >= 0.3 is 0 Å². The van der Waals surface area contributed by atoms with Crippen LogP contribution in [0.5, 0.6) is 5.75 Å². The number of nitrogens with zero attached hydrogens (tertiary/aromatic N) is 2. The standard InChI is InChI=1S/C23H30N4O3S/c1-2-24-23(26-17-20-15-19-7-3-4-8-22(19)30-20)25-16-18-9-11-21(12-10-18)31(28,29)27-13-5-6-14-27/h3-4,7-12,20H,2,5-6,13-17H2,1H3,(H2,24,25,26). The van der Waals surface area contributed by atoms with Crippen LogP contribution in [0.4, 0.5) is 0 Å². The van der Waals surface area contributed by atoms with Crippen molar-refractivity contribution < 1.29 is 13.2 Å². The van der Waals surface area contributed by atoms with E-state index in [2.05, 4.69) is 21.7 Å². The third-order valence-electron chi connectivity index (χ3n) is 5.60. The molecule has 2 aliphatic rings. The summed E-state index contributed by atoms with van der Waals surface area (Å²) < 4.78 is 32.9. The molecule has 2 heterocycles. The van der Waals surface area contributed by atoms with Gasteiger partial charge in [-0.25, -0.2) is 13.4 Å². The van der Waals surface area contributed by atoms with E-state index < -0.39 is 10.0 Å². The average Bonchev–Trinajstić information content (AvgIpc) is 3.46. The van der Waals surface area contributed by atoms with Crippen molar-refractivity contribution in [2.45, 2.75) is 43.7 Å². The first-order valence-corrected chi connectivity index (χ1v) is 12.4. The highest BCUT2D eigenvalue weighted by molar-refractivity contribution is 7.89. The Balaban J connectivity index is 1.34. The minimum atomic E-state index is -3.38. The van der Waals surface area contributed by atoms with Crippen molar-refractivity contribution in [3.05, 3.63) is 59.7 Å². The fourth-order valence-electron chi connectivity index (χ4n) is 3.93. The lowest BCUT2D eigenvalue weighted by molar-refractivity contribution is 0.235. The Hall–Kier alpha value is -2.58. The molecule has 0 bridgehead atoms. The summed E-state index contributed by atoms with van der Waals surface area (Å²) in [5, 5.41) is 6.60. The summed E-state index contributed by atoms with van der Waals surface area (Å²) in [6, 6.07) is 15.2. The topological polar surface area (TPSA) is 83.0 Å². The zero-order chi connectivity index (χ0) is 21.7. The summed E-state index contributed by atoms with van der Waals surface area (Å²) in [5.41, 5.74) is 2.20. The van der Waals surface area contributed by atoms with Crippen molar-refractivity contribution in [1.82, 2.24) is 14.9 Å². The summed E-state index contributed by atoms with van der Waals surface area (Å²) in [6.45, 7) is 5.13. The summed E-state index contributed by atoms with van der Waals surface area (Å²) in [5.74, 6) is 1.68. The van der Waals surface area contributed by atoms with Crippen LogP contribution >= 0.6 is 0 Å². The predicted octanol–water partition coefficient (Wildman–Crippen LogP) is 2.53. The van der Waals surface area contributed by atoms with Crippen molar-refractivity contribution in [2.75, 3.05) is 26.2 Å². The SMILES string of the molecule is CCNC(=NCc1ccc(S(=O)(=O)N2CCCC2)cc1)NCC1Cc2ccccc2O1. The number of aliphatic imine (C=N–C) groups is 1. The lowest BCUT2D eigenvalue weighted by Crippen LogP contribution is -2.42. The van der Waals surface area contributed by atoms with E-state index in [1.54, 1.807) is 16.4 Å².